The van der Waals surface area contributed by atoms with Crippen LogP contribution in [0.15, 0.2) is 23.1 Å². The van der Waals surface area contributed by atoms with Gasteiger partial charge in [0.05, 0.1) is 16.2 Å². The van der Waals surface area contributed by atoms with Crippen molar-refractivity contribution in [3.63, 3.8) is 0 Å². The standard InChI is InChI=1S/C21H23ClN8O/c1-3-29-9-12-13(27-29)6-5-11(16(12)22)18-15-19(26-25-18)24-21(28(2)20(15)31)30-8-10-4-7-14(30)17(10)23/h5-6,9-10,14,17H,3-4,7-8,23H2,1-2H3,(H,25,26)/t10-,14-,17-/m0/s1. The number of nitrogens with one attached hydrogen (secondary N) is 1. The summed E-state index contributed by atoms with van der Waals surface area (Å²) >= 11 is 6.74. The lowest BCUT2D eigenvalue weighted by Gasteiger charge is -2.29. The van der Waals surface area contributed by atoms with E-state index in [1.54, 1.807) is 11.6 Å². The van der Waals surface area contributed by atoms with Crippen LogP contribution in [0.5, 0.6) is 0 Å². The highest BCUT2D eigenvalue weighted by Gasteiger charge is 2.46. The highest BCUT2D eigenvalue weighted by molar-refractivity contribution is 6.38. The predicted octanol–water partition coefficient (Wildman–Crippen LogP) is 2.27. The number of piperidine rings is 1. The Labute approximate surface area is 182 Å². The topological polar surface area (TPSA) is 111 Å². The van der Waals surface area contributed by atoms with Gasteiger partial charge in [0.2, 0.25) is 5.95 Å². The predicted molar refractivity (Wildman–Crippen MR) is 120 cm³/mol. The summed E-state index contributed by atoms with van der Waals surface area (Å²) in [7, 11) is 1.76. The third-order valence-electron chi connectivity index (χ3n) is 6.95. The van der Waals surface area contributed by atoms with Gasteiger partial charge in [0, 0.05) is 49.4 Å². The number of aromatic amines is 1. The Kier molecular flexibility index (Phi) is 3.97. The van der Waals surface area contributed by atoms with Crippen molar-refractivity contribution in [1.82, 2.24) is 29.5 Å². The van der Waals surface area contributed by atoms with E-state index in [1.165, 1.54) is 0 Å². The van der Waals surface area contributed by atoms with E-state index in [0.29, 0.717) is 39.2 Å². The summed E-state index contributed by atoms with van der Waals surface area (Å²) in [6.45, 7) is 3.61. The second kappa shape index (κ2) is 6.54. The van der Waals surface area contributed by atoms with Gasteiger partial charge in [-0.1, -0.05) is 11.6 Å². The van der Waals surface area contributed by atoms with Crippen LogP contribution < -0.4 is 16.2 Å². The summed E-state index contributed by atoms with van der Waals surface area (Å²) in [5.74, 6) is 1.09. The monoisotopic (exact) mass is 438 g/mol. The number of nitrogens with two attached hydrogens (primary N) is 1. The minimum atomic E-state index is -0.152. The first-order valence-corrected chi connectivity index (χ1v) is 11.0. The van der Waals surface area contributed by atoms with Crippen LogP contribution in [0.4, 0.5) is 5.95 Å². The Morgan fingerprint density at radius 1 is 1.32 bits per heavy atom. The zero-order valence-electron chi connectivity index (χ0n) is 17.3. The van der Waals surface area contributed by atoms with Crippen LogP contribution in [0.3, 0.4) is 0 Å². The lowest BCUT2D eigenvalue weighted by Crippen LogP contribution is -2.40. The lowest BCUT2D eigenvalue weighted by atomic mass is 10.1. The fourth-order valence-electron chi connectivity index (χ4n) is 5.24. The maximum Gasteiger partial charge on any atom is 0.266 e. The van der Waals surface area contributed by atoms with Crippen molar-refractivity contribution in [2.75, 3.05) is 11.4 Å². The summed E-state index contributed by atoms with van der Waals surface area (Å²) < 4.78 is 3.45. The van der Waals surface area contributed by atoms with Gasteiger partial charge >= 0.3 is 0 Å². The van der Waals surface area contributed by atoms with Crippen molar-refractivity contribution in [2.45, 2.75) is 38.4 Å². The van der Waals surface area contributed by atoms with Crippen molar-refractivity contribution in [3.05, 3.63) is 33.7 Å². The summed E-state index contributed by atoms with van der Waals surface area (Å²) in [5, 5.41) is 13.7. The van der Waals surface area contributed by atoms with Crippen LogP contribution in [0.2, 0.25) is 5.02 Å². The number of aryl methyl sites for hydroxylation is 1. The minimum Gasteiger partial charge on any atom is -0.337 e. The van der Waals surface area contributed by atoms with Gasteiger partial charge in [0.1, 0.15) is 5.39 Å². The molecule has 1 saturated carbocycles. The van der Waals surface area contributed by atoms with E-state index in [0.717, 1.165) is 36.8 Å². The van der Waals surface area contributed by atoms with Gasteiger partial charge in [-0.15, -0.1) is 0 Å². The summed E-state index contributed by atoms with van der Waals surface area (Å²) in [5.41, 5.74) is 8.70. The number of H-pyrrole nitrogens is 1. The van der Waals surface area contributed by atoms with E-state index in [2.05, 4.69) is 20.2 Å². The van der Waals surface area contributed by atoms with Crippen LogP contribution in [0.25, 0.3) is 33.2 Å². The third-order valence-corrected chi connectivity index (χ3v) is 7.35. The average molecular weight is 439 g/mol. The van der Waals surface area contributed by atoms with Crippen molar-refractivity contribution >= 4 is 39.5 Å². The molecule has 3 atom stereocenters. The Morgan fingerprint density at radius 2 is 2.16 bits per heavy atom. The summed E-state index contributed by atoms with van der Waals surface area (Å²) in [6.07, 6.45) is 4.09. The van der Waals surface area contributed by atoms with Gasteiger partial charge in [-0.2, -0.15) is 15.2 Å². The van der Waals surface area contributed by atoms with Crippen molar-refractivity contribution < 1.29 is 0 Å². The maximum atomic E-state index is 13.4. The smallest absolute Gasteiger partial charge is 0.266 e. The number of hydrogen-bond acceptors (Lipinski definition) is 6. The van der Waals surface area contributed by atoms with E-state index in [-0.39, 0.29) is 17.6 Å². The van der Waals surface area contributed by atoms with Crippen LogP contribution in [0.1, 0.15) is 19.8 Å². The number of fused-ring (bicyclic) bond motifs is 4. The fraction of sp³-hybridized carbons (Fsp3) is 0.429. The second-order valence-electron chi connectivity index (χ2n) is 8.55. The first-order chi connectivity index (χ1) is 15.0. The van der Waals surface area contributed by atoms with Crippen molar-refractivity contribution in [1.29, 1.82) is 0 Å². The largest absolute Gasteiger partial charge is 0.337 e. The van der Waals surface area contributed by atoms with Gasteiger partial charge < -0.3 is 10.6 Å². The minimum absolute atomic E-state index is 0.136. The van der Waals surface area contributed by atoms with E-state index in [1.807, 2.05) is 29.9 Å². The SMILES string of the molecule is CCn1cc2c(Cl)c(-c3[nH]nc4nc(N5C[C@@H]6CC[C@H]5[C@H]6N)n(C)c(=O)c34)ccc2n1. The van der Waals surface area contributed by atoms with Crippen LogP contribution in [0, 0.1) is 5.92 Å². The molecule has 0 amide bonds. The van der Waals surface area contributed by atoms with E-state index in [9.17, 15) is 4.79 Å². The van der Waals surface area contributed by atoms with Gasteiger partial charge in [-0.25, -0.2) is 0 Å². The van der Waals surface area contributed by atoms with E-state index >= 15 is 0 Å². The molecule has 3 N–H and O–H groups in total. The van der Waals surface area contributed by atoms with Gasteiger partial charge in [-0.05, 0) is 37.8 Å². The molecule has 2 aliphatic rings. The molecular formula is C21H23ClN8O. The molecule has 0 unspecified atom stereocenters. The maximum absolute atomic E-state index is 13.4. The van der Waals surface area contributed by atoms with Gasteiger partial charge in [0.15, 0.2) is 5.65 Å². The highest BCUT2D eigenvalue weighted by Crippen LogP contribution is 2.39. The van der Waals surface area contributed by atoms with E-state index < -0.39 is 0 Å². The Bertz CT molecular complexity index is 1400. The molecule has 3 aromatic heterocycles. The molecular weight excluding hydrogens is 416 g/mol. The number of halogens is 1. The Balaban J connectivity index is 1.51. The molecule has 1 aliphatic heterocycles. The normalized spacial score (nSPS) is 23.0. The van der Waals surface area contributed by atoms with Crippen LogP contribution >= 0.6 is 11.6 Å². The molecule has 9 nitrogen and oxygen atoms in total. The molecule has 31 heavy (non-hydrogen) atoms. The van der Waals surface area contributed by atoms with Crippen molar-refractivity contribution in [2.24, 2.45) is 18.7 Å². The molecule has 0 spiro atoms. The molecule has 1 aliphatic carbocycles. The molecule has 1 saturated heterocycles. The molecule has 6 rings (SSSR count). The number of benzene rings is 1. The number of hydrogen-bond donors (Lipinski definition) is 2. The number of rotatable bonds is 3. The summed E-state index contributed by atoms with van der Waals surface area (Å²) in [4.78, 5) is 20.4. The highest BCUT2D eigenvalue weighted by atomic mass is 35.5. The van der Waals surface area contributed by atoms with Crippen LogP contribution in [-0.2, 0) is 13.6 Å². The average Bonchev–Trinajstić information content (AvgIpc) is 3.53. The second-order valence-corrected chi connectivity index (χ2v) is 8.93. The molecule has 4 aromatic rings. The molecule has 10 heteroatoms. The molecule has 1 aromatic carbocycles. The molecule has 4 heterocycles. The zero-order chi connectivity index (χ0) is 21.4. The summed E-state index contributed by atoms with van der Waals surface area (Å²) in [6, 6.07) is 4.14. The van der Waals surface area contributed by atoms with Gasteiger partial charge in [-0.3, -0.25) is 19.1 Å². The Morgan fingerprint density at radius 3 is 2.87 bits per heavy atom. The van der Waals surface area contributed by atoms with Gasteiger partial charge in [0.25, 0.3) is 5.56 Å². The zero-order valence-corrected chi connectivity index (χ0v) is 18.1. The first-order valence-electron chi connectivity index (χ1n) is 10.6. The molecule has 0 radical (unpaired) electrons. The first kappa shape index (κ1) is 18.8. The molecule has 160 valence electrons. The number of aromatic nitrogens is 6. The van der Waals surface area contributed by atoms with Crippen LogP contribution in [-0.4, -0.2) is 48.2 Å². The third kappa shape index (κ3) is 2.53. The molecule has 2 bridgehead atoms. The number of nitrogens with zero attached hydrogens (tertiary/aromatic N) is 6. The van der Waals surface area contributed by atoms with Crippen molar-refractivity contribution in [3.8, 4) is 11.3 Å². The number of anilines is 1. The lowest BCUT2D eigenvalue weighted by molar-refractivity contribution is 0.530. The Hall–Kier alpha value is -2.91. The fourth-order valence-corrected chi connectivity index (χ4v) is 5.54. The quantitative estimate of drug-likeness (QED) is 0.507. The van der Waals surface area contributed by atoms with E-state index in [4.69, 9.17) is 22.3 Å². The molecule has 2 fully saturated rings.